The number of primary amides is 1. The molecule has 0 aliphatic rings. The van der Waals surface area contributed by atoms with E-state index in [0.29, 0.717) is 23.5 Å². The molecule has 0 spiro atoms. The van der Waals surface area contributed by atoms with Crippen LogP contribution in [0.3, 0.4) is 0 Å². The summed E-state index contributed by atoms with van der Waals surface area (Å²) in [5.41, 5.74) is 7.55. The number of nitriles is 1. The number of halogens is 2. The van der Waals surface area contributed by atoms with Crippen LogP contribution in [0.15, 0.2) is 30.5 Å². The lowest BCUT2D eigenvalue weighted by Crippen LogP contribution is -2.22. The predicted molar refractivity (Wildman–Crippen MR) is 108 cm³/mol. The van der Waals surface area contributed by atoms with Gasteiger partial charge in [-0.05, 0) is 38.1 Å². The van der Waals surface area contributed by atoms with Gasteiger partial charge in [0.05, 0.1) is 45.7 Å². The van der Waals surface area contributed by atoms with Crippen LogP contribution in [-0.2, 0) is 6.54 Å². The lowest BCUT2D eigenvalue weighted by atomic mass is 10.1. The van der Waals surface area contributed by atoms with Gasteiger partial charge < -0.3 is 10.8 Å². The number of aliphatic hydroxyl groups is 1. The molecule has 1 aromatic carbocycles. The highest BCUT2D eigenvalue weighted by molar-refractivity contribution is 6.37. The van der Waals surface area contributed by atoms with E-state index in [-0.39, 0.29) is 27.3 Å². The smallest absolute Gasteiger partial charge is 0.267 e. The fourth-order valence-electron chi connectivity index (χ4n) is 2.93. The van der Waals surface area contributed by atoms with Crippen molar-refractivity contribution in [1.29, 1.82) is 5.26 Å². The summed E-state index contributed by atoms with van der Waals surface area (Å²) in [4.78, 5) is 11.7. The van der Waals surface area contributed by atoms with Crippen molar-refractivity contribution >= 4 is 29.1 Å². The SMILES string of the molecule is CC(O)c1cc(C(N)=O)n([C@@H](C)Cn2ccc(-c3cc(Cl)c(C#N)c(Cl)c3)n2)n1. The molecule has 3 N–H and O–H groups in total. The second-order valence-corrected chi connectivity index (χ2v) is 7.45. The summed E-state index contributed by atoms with van der Waals surface area (Å²) in [5.74, 6) is -0.626. The topological polar surface area (TPSA) is 123 Å². The highest BCUT2D eigenvalue weighted by atomic mass is 35.5. The van der Waals surface area contributed by atoms with Gasteiger partial charge in [-0.2, -0.15) is 15.5 Å². The van der Waals surface area contributed by atoms with Crippen molar-refractivity contribution in [1.82, 2.24) is 19.6 Å². The van der Waals surface area contributed by atoms with E-state index in [1.54, 1.807) is 36.0 Å². The van der Waals surface area contributed by atoms with E-state index in [1.165, 1.54) is 10.7 Å². The molecule has 8 nitrogen and oxygen atoms in total. The van der Waals surface area contributed by atoms with Crippen molar-refractivity contribution in [3.8, 4) is 17.3 Å². The maximum atomic E-state index is 11.7. The molecule has 0 saturated heterocycles. The van der Waals surface area contributed by atoms with Crippen LogP contribution < -0.4 is 5.73 Å². The number of rotatable bonds is 6. The molecule has 0 radical (unpaired) electrons. The number of nitrogens with zero attached hydrogens (tertiary/aromatic N) is 5. The van der Waals surface area contributed by atoms with Gasteiger partial charge in [-0.3, -0.25) is 14.2 Å². The molecule has 10 heteroatoms. The van der Waals surface area contributed by atoms with Crippen LogP contribution in [-0.4, -0.2) is 30.6 Å². The first-order valence-corrected chi connectivity index (χ1v) is 9.47. The van der Waals surface area contributed by atoms with E-state index in [2.05, 4.69) is 10.2 Å². The minimum absolute atomic E-state index is 0.214. The van der Waals surface area contributed by atoms with Crippen LogP contribution >= 0.6 is 23.2 Å². The fraction of sp³-hybridized carbons (Fsp3) is 0.263. The van der Waals surface area contributed by atoms with Gasteiger partial charge in [-0.15, -0.1) is 0 Å². The second-order valence-electron chi connectivity index (χ2n) is 6.64. The van der Waals surface area contributed by atoms with Gasteiger partial charge in [-0.1, -0.05) is 23.2 Å². The molecule has 150 valence electrons. The zero-order valence-electron chi connectivity index (χ0n) is 15.7. The zero-order chi connectivity index (χ0) is 21.3. The maximum Gasteiger partial charge on any atom is 0.267 e. The van der Waals surface area contributed by atoms with E-state index in [4.69, 9.17) is 34.2 Å². The number of hydrogen-bond acceptors (Lipinski definition) is 5. The molecule has 1 unspecified atom stereocenters. The van der Waals surface area contributed by atoms with Crippen molar-refractivity contribution < 1.29 is 9.90 Å². The molecule has 0 fully saturated rings. The first-order chi connectivity index (χ1) is 13.7. The lowest BCUT2D eigenvalue weighted by Gasteiger charge is -2.14. The number of hydrogen-bond donors (Lipinski definition) is 2. The van der Waals surface area contributed by atoms with E-state index >= 15 is 0 Å². The Hall–Kier alpha value is -2.86. The first-order valence-electron chi connectivity index (χ1n) is 8.71. The Morgan fingerprint density at radius 3 is 2.48 bits per heavy atom. The third-order valence-corrected chi connectivity index (χ3v) is 4.99. The Bertz CT molecular complexity index is 1090. The Kier molecular flexibility index (Phi) is 5.94. The van der Waals surface area contributed by atoms with Crippen LogP contribution in [0, 0.1) is 11.3 Å². The Labute approximate surface area is 177 Å². The Morgan fingerprint density at radius 1 is 1.28 bits per heavy atom. The minimum atomic E-state index is -0.816. The number of aromatic nitrogens is 4. The van der Waals surface area contributed by atoms with Crippen molar-refractivity contribution in [2.24, 2.45) is 5.73 Å². The monoisotopic (exact) mass is 432 g/mol. The molecule has 0 aliphatic carbocycles. The first kappa shape index (κ1) is 20.9. The third-order valence-electron chi connectivity index (χ3n) is 4.39. The van der Waals surface area contributed by atoms with Crippen molar-refractivity contribution in [3.05, 3.63) is 57.5 Å². The molecule has 2 atom stereocenters. The van der Waals surface area contributed by atoms with Crippen LogP contribution in [0.4, 0.5) is 0 Å². The van der Waals surface area contributed by atoms with E-state index in [1.807, 2.05) is 13.0 Å². The average Bonchev–Trinajstić information content (AvgIpc) is 3.28. The summed E-state index contributed by atoms with van der Waals surface area (Å²) < 4.78 is 3.18. The molecule has 29 heavy (non-hydrogen) atoms. The van der Waals surface area contributed by atoms with Gasteiger partial charge in [0.25, 0.3) is 5.91 Å². The second kappa shape index (κ2) is 8.25. The zero-order valence-corrected chi connectivity index (χ0v) is 17.2. The summed E-state index contributed by atoms with van der Waals surface area (Å²) in [6.45, 7) is 3.83. The number of nitrogens with two attached hydrogens (primary N) is 1. The molecule has 0 bridgehead atoms. The molecule has 2 heterocycles. The molecular weight excluding hydrogens is 415 g/mol. The van der Waals surface area contributed by atoms with Crippen LogP contribution in [0.2, 0.25) is 10.0 Å². The standard InChI is InChI=1S/C19H18Cl2N6O2/c1-10(27-18(19(23)29)7-17(25-27)11(2)28)9-26-4-3-16(24-26)12-5-14(20)13(8-22)15(21)6-12/h3-7,10-11,28H,9H2,1-2H3,(H2,23,29)/t10-,11?/m0/s1. The molecular formula is C19H18Cl2N6O2. The van der Waals surface area contributed by atoms with Crippen LogP contribution in [0.5, 0.6) is 0 Å². The summed E-state index contributed by atoms with van der Waals surface area (Å²) in [6.07, 6.45) is 0.957. The number of amides is 1. The maximum absolute atomic E-state index is 11.7. The largest absolute Gasteiger partial charge is 0.387 e. The van der Waals surface area contributed by atoms with Gasteiger partial charge in [0.15, 0.2) is 0 Å². The molecule has 0 saturated carbocycles. The number of carbonyl (C=O) groups excluding carboxylic acids is 1. The Morgan fingerprint density at radius 2 is 1.93 bits per heavy atom. The normalized spacial score (nSPS) is 13.1. The minimum Gasteiger partial charge on any atom is -0.387 e. The van der Waals surface area contributed by atoms with E-state index in [0.717, 1.165) is 0 Å². The Balaban J connectivity index is 1.86. The number of carbonyl (C=O) groups is 1. The van der Waals surface area contributed by atoms with E-state index < -0.39 is 12.0 Å². The summed E-state index contributed by atoms with van der Waals surface area (Å²) in [5, 5.41) is 28.1. The fourth-order valence-corrected chi connectivity index (χ4v) is 3.50. The summed E-state index contributed by atoms with van der Waals surface area (Å²) in [6, 6.07) is 8.25. The highest BCUT2D eigenvalue weighted by Crippen LogP contribution is 2.30. The van der Waals surface area contributed by atoms with Crippen LogP contribution in [0.25, 0.3) is 11.3 Å². The molecule has 2 aromatic heterocycles. The third kappa shape index (κ3) is 4.27. The van der Waals surface area contributed by atoms with Gasteiger partial charge in [0.2, 0.25) is 0 Å². The average molecular weight is 433 g/mol. The van der Waals surface area contributed by atoms with E-state index in [9.17, 15) is 9.90 Å². The molecule has 3 aromatic rings. The van der Waals surface area contributed by atoms with Gasteiger partial charge in [0.1, 0.15) is 11.8 Å². The van der Waals surface area contributed by atoms with Crippen LogP contribution in [0.1, 0.15) is 47.7 Å². The quantitative estimate of drug-likeness (QED) is 0.617. The van der Waals surface area contributed by atoms with Crippen molar-refractivity contribution in [2.75, 3.05) is 0 Å². The predicted octanol–water partition coefficient (Wildman–Crippen LogP) is 3.34. The van der Waals surface area contributed by atoms with Gasteiger partial charge in [-0.25, -0.2) is 0 Å². The van der Waals surface area contributed by atoms with Crippen molar-refractivity contribution in [3.63, 3.8) is 0 Å². The lowest BCUT2D eigenvalue weighted by molar-refractivity contribution is 0.0987. The molecule has 3 rings (SSSR count). The van der Waals surface area contributed by atoms with Gasteiger partial charge >= 0.3 is 0 Å². The highest BCUT2D eigenvalue weighted by Gasteiger charge is 2.20. The number of benzene rings is 1. The molecule has 1 amide bonds. The van der Waals surface area contributed by atoms with Gasteiger partial charge in [0, 0.05) is 11.8 Å². The molecule has 0 aliphatic heterocycles. The summed E-state index contributed by atoms with van der Waals surface area (Å²) in [7, 11) is 0. The number of aliphatic hydroxyl groups excluding tert-OH is 1. The summed E-state index contributed by atoms with van der Waals surface area (Å²) >= 11 is 12.2. The van der Waals surface area contributed by atoms with Crippen molar-refractivity contribution in [2.45, 2.75) is 32.5 Å².